The first-order valence-corrected chi connectivity index (χ1v) is 30.7. The molecule has 14 nitrogen and oxygen atoms in total. The number of nitrogens with one attached hydrogen (secondary N) is 2. The molecule has 0 aliphatic rings. The number of anilines is 4. The number of pyridine rings is 3. The summed E-state index contributed by atoms with van der Waals surface area (Å²) in [5.74, 6) is 0.293. The van der Waals surface area contributed by atoms with Crippen molar-refractivity contribution >= 4 is 114 Å². The molecule has 0 radical (unpaired) electrons. The van der Waals surface area contributed by atoms with E-state index in [1.54, 1.807) is 25.3 Å². The van der Waals surface area contributed by atoms with Gasteiger partial charge in [-0.2, -0.15) is 36.3 Å². The van der Waals surface area contributed by atoms with Crippen LogP contribution in [-0.2, 0) is 12.4 Å². The molecule has 0 spiro atoms. The highest BCUT2D eigenvalue weighted by Gasteiger charge is 2.36. The Morgan fingerprint density at radius 1 is 0.426 bits per heavy atom. The molecular weight excluding hydrogens is 1320 g/mol. The van der Waals surface area contributed by atoms with Crippen molar-refractivity contribution in [3.8, 4) is 33.8 Å². The maximum absolute atomic E-state index is 13.5. The third kappa shape index (κ3) is 16.3. The van der Waals surface area contributed by atoms with Crippen LogP contribution in [0.5, 0.6) is 0 Å². The predicted molar refractivity (Wildman–Crippen MR) is 367 cm³/mol. The number of rotatable bonds is 10. The monoisotopic (exact) mass is 1370 g/mol. The Balaban J connectivity index is 0.000000155. The van der Waals surface area contributed by atoms with Crippen LogP contribution in [0.3, 0.4) is 0 Å². The van der Waals surface area contributed by atoms with E-state index in [-0.39, 0.29) is 23.3 Å². The van der Waals surface area contributed by atoms with Gasteiger partial charge >= 0.3 is 12.4 Å². The van der Waals surface area contributed by atoms with Crippen molar-refractivity contribution in [2.75, 3.05) is 22.1 Å². The summed E-state index contributed by atoms with van der Waals surface area (Å²) >= 11 is 29.7. The van der Waals surface area contributed by atoms with Crippen LogP contribution in [0.15, 0.2) is 164 Å². The Morgan fingerprint density at radius 3 is 1.23 bits per heavy atom. The fourth-order valence-corrected chi connectivity index (χ4v) is 11.1. The second-order valence-electron chi connectivity index (χ2n) is 21.8. The summed E-state index contributed by atoms with van der Waals surface area (Å²) in [7, 11) is 0. The second kappa shape index (κ2) is 29.5. The van der Waals surface area contributed by atoms with Crippen LogP contribution in [-0.4, -0.2) is 44.9 Å². The lowest BCUT2D eigenvalue weighted by Gasteiger charge is -2.22. The number of alkyl halides is 6. The van der Waals surface area contributed by atoms with Crippen molar-refractivity contribution < 1.29 is 26.3 Å². The number of halogens is 11. The Kier molecular flexibility index (Phi) is 21.8. The standard InChI is InChI=1S/C23H19ClF3N5.C23H22ClN5.C18H17ClN2.C5HCl2F3N2/c1-12-6-5-7-14-10-16(20(31-19(12)14)15-8-3-4-9-18(15)24)13(2)30-21-17(23(25,26)27)11-29-22(28)32-21;1-13-7-6-8-16-11-18(15(3)27-23-26-12-14(2)22(25)29-23)21(28-20(13)16)17-9-4-5-10-19(17)24;1-11-6-5-7-13-10-15(12(2)20)18(21-17(11)13)14-8-3-4-9-16(14)19;6-3-2(5(8,9)10)1-11-4(7)12-3/h3-11,13H,1-2H3,(H3,28,29,30,32);4-12,15H,1-3H3,(H3,25,26,27,29);3-10,12H,20H2,1-2H3;1H. The second-order valence-corrected chi connectivity index (χ2v) is 23.7. The maximum atomic E-state index is 13.5. The van der Waals surface area contributed by atoms with Gasteiger partial charge in [-0.25, -0.2) is 34.9 Å². The Hall–Kier alpha value is -9.02. The highest BCUT2D eigenvalue weighted by atomic mass is 35.5. The van der Waals surface area contributed by atoms with Crippen LogP contribution < -0.4 is 27.8 Å². The SMILES string of the molecule is Cc1cccc2cc(C(C)N)c(-c3ccccc3Cl)nc12.Cc1cccc2cc(C(C)Nc3nc(N)ncc3C(F)(F)F)c(-c3ccccc3Cl)nc12.Cc1cnc(NC(C)c2cc3cccc(C)c3nc2-c2ccccc2Cl)nc1N.FC(F)(F)c1cnc(Cl)nc1Cl. The summed E-state index contributed by atoms with van der Waals surface area (Å²) in [6.07, 6.45) is -6.25. The number of benzene rings is 6. The van der Waals surface area contributed by atoms with E-state index in [1.165, 1.54) is 0 Å². The minimum absolute atomic E-state index is 0.103. The van der Waals surface area contributed by atoms with Crippen molar-refractivity contribution in [3.63, 3.8) is 0 Å². The fourth-order valence-electron chi connectivity index (χ4n) is 10.0. The zero-order valence-corrected chi connectivity index (χ0v) is 55.0. The summed E-state index contributed by atoms with van der Waals surface area (Å²) in [5.41, 5.74) is 29.9. The lowest BCUT2D eigenvalue weighted by atomic mass is 9.97. The number of fused-ring (bicyclic) bond motifs is 3. The summed E-state index contributed by atoms with van der Waals surface area (Å²) in [6.45, 7) is 13.7. The molecule has 6 heterocycles. The molecule has 12 rings (SSSR count). The van der Waals surface area contributed by atoms with E-state index in [0.717, 1.165) is 88.6 Å². The molecular formula is C69H59Cl5F6N14. The molecule has 6 aromatic heterocycles. The molecule has 12 aromatic rings. The average molecular weight is 1380 g/mol. The molecule has 3 atom stereocenters. The van der Waals surface area contributed by atoms with Crippen molar-refractivity contribution in [2.45, 2.75) is 78.9 Å². The van der Waals surface area contributed by atoms with Crippen LogP contribution in [0.2, 0.25) is 25.5 Å². The van der Waals surface area contributed by atoms with Gasteiger partial charge in [-0.3, -0.25) is 0 Å². The average Bonchev–Trinajstić information content (AvgIpc) is 0.788. The van der Waals surface area contributed by atoms with Crippen LogP contribution in [0.4, 0.5) is 49.9 Å². The smallest absolute Gasteiger partial charge is 0.383 e. The fraction of sp³-hybridized carbons (Fsp3) is 0.174. The molecule has 8 N–H and O–H groups in total. The zero-order chi connectivity index (χ0) is 67.9. The van der Waals surface area contributed by atoms with E-state index in [4.69, 9.17) is 90.2 Å². The lowest BCUT2D eigenvalue weighted by Crippen LogP contribution is -2.17. The van der Waals surface area contributed by atoms with Crippen molar-refractivity contribution in [1.82, 2.24) is 44.9 Å². The van der Waals surface area contributed by atoms with E-state index >= 15 is 0 Å². The van der Waals surface area contributed by atoms with E-state index in [9.17, 15) is 26.3 Å². The molecule has 0 saturated heterocycles. The Labute approximate surface area is 562 Å². The van der Waals surface area contributed by atoms with Crippen LogP contribution in [0.25, 0.3) is 66.5 Å². The number of aryl methyl sites for hydroxylation is 4. The van der Waals surface area contributed by atoms with E-state index < -0.39 is 40.5 Å². The third-order valence-electron chi connectivity index (χ3n) is 14.9. The summed E-state index contributed by atoms with van der Waals surface area (Å²) < 4.78 is 76.4. The topological polar surface area (TPSA) is 218 Å². The van der Waals surface area contributed by atoms with Gasteiger partial charge in [-0.15, -0.1) is 0 Å². The van der Waals surface area contributed by atoms with Gasteiger partial charge in [0, 0.05) is 89.2 Å². The molecule has 0 bridgehead atoms. The summed E-state index contributed by atoms with van der Waals surface area (Å²) in [6, 6.07) is 46.2. The minimum atomic E-state index is -4.64. The number of para-hydroxylation sites is 3. The molecule has 0 aliphatic carbocycles. The van der Waals surface area contributed by atoms with E-state index in [2.05, 4.69) is 97.7 Å². The van der Waals surface area contributed by atoms with Gasteiger partial charge < -0.3 is 27.8 Å². The number of nitrogen functional groups attached to an aromatic ring is 2. The third-order valence-corrected chi connectivity index (χ3v) is 16.3. The highest BCUT2D eigenvalue weighted by Crippen LogP contribution is 2.41. The van der Waals surface area contributed by atoms with Crippen molar-refractivity contribution in [2.24, 2.45) is 5.73 Å². The Bertz CT molecular complexity index is 4750. The maximum Gasteiger partial charge on any atom is 0.421 e. The van der Waals surface area contributed by atoms with Crippen LogP contribution in [0, 0.1) is 27.7 Å². The number of nitrogens with zero attached hydrogens (tertiary/aromatic N) is 9. The van der Waals surface area contributed by atoms with Gasteiger partial charge in [0.05, 0.1) is 45.7 Å². The first-order chi connectivity index (χ1) is 44.6. The molecule has 0 fully saturated rings. The molecule has 0 aliphatic heterocycles. The molecule has 25 heteroatoms. The zero-order valence-electron chi connectivity index (χ0n) is 51.2. The summed E-state index contributed by atoms with van der Waals surface area (Å²) in [5, 5.41) is 10.1. The van der Waals surface area contributed by atoms with Gasteiger partial charge in [-0.05, 0) is 119 Å². The van der Waals surface area contributed by atoms with Crippen LogP contribution in [0.1, 0.15) is 89.0 Å². The Morgan fingerprint density at radius 2 is 0.830 bits per heavy atom. The highest BCUT2D eigenvalue weighted by molar-refractivity contribution is 6.34. The quantitative estimate of drug-likeness (QED) is 0.0489. The minimum Gasteiger partial charge on any atom is -0.383 e. The van der Waals surface area contributed by atoms with Crippen molar-refractivity contribution in [1.29, 1.82) is 0 Å². The molecule has 6 aromatic carbocycles. The number of hydrogen-bond donors (Lipinski definition) is 5. The number of nitrogens with two attached hydrogens (primary N) is 3. The van der Waals surface area contributed by atoms with Gasteiger partial charge in [-0.1, -0.05) is 156 Å². The van der Waals surface area contributed by atoms with Gasteiger partial charge in [0.1, 0.15) is 27.9 Å². The molecule has 3 unspecified atom stereocenters. The van der Waals surface area contributed by atoms with E-state index in [1.807, 2.05) is 118 Å². The number of aromatic nitrogens is 9. The first kappa shape index (κ1) is 69.3. The van der Waals surface area contributed by atoms with Gasteiger partial charge in [0.15, 0.2) is 0 Å². The molecule has 482 valence electrons. The van der Waals surface area contributed by atoms with Crippen LogP contribution >= 0.6 is 58.0 Å². The lowest BCUT2D eigenvalue weighted by molar-refractivity contribution is -0.138. The molecule has 0 amide bonds. The van der Waals surface area contributed by atoms with Gasteiger partial charge in [0.25, 0.3) is 0 Å². The number of hydrogen-bond acceptors (Lipinski definition) is 14. The normalized spacial score (nSPS) is 12.4. The predicted octanol–water partition coefficient (Wildman–Crippen LogP) is 19.8. The van der Waals surface area contributed by atoms with E-state index in [0.29, 0.717) is 56.0 Å². The first-order valence-electron chi connectivity index (χ1n) is 28.9. The van der Waals surface area contributed by atoms with Crippen molar-refractivity contribution in [3.05, 3.63) is 240 Å². The summed E-state index contributed by atoms with van der Waals surface area (Å²) in [4.78, 5) is 37.0. The van der Waals surface area contributed by atoms with Gasteiger partial charge in [0.2, 0.25) is 17.2 Å². The molecule has 94 heavy (non-hydrogen) atoms. The largest absolute Gasteiger partial charge is 0.421 e. The molecule has 0 saturated carbocycles.